The van der Waals surface area contributed by atoms with Gasteiger partial charge in [-0.1, -0.05) is 47.6 Å². The molecule has 0 atom stereocenters. The van der Waals surface area contributed by atoms with Crippen molar-refractivity contribution in [2.75, 3.05) is 10.2 Å². The van der Waals surface area contributed by atoms with Gasteiger partial charge in [-0.2, -0.15) is 0 Å². The minimum Gasteiger partial charge on any atom is -0.353 e. The molecule has 0 aromatic heterocycles. The van der Waals surface area contributed by atoms with Gasteiger partial charge >= 0.3 is 0 Å². The highest BCUT2D eigenvalue weighted by molar-refractivity contribution is 7.81. The van der Waals surface area contributed by atoms with E-state index in [4.69, 9.17) is 12.2 Å². The fraction of sp³-hybridized carbons (Fsp3) is 0.200. The summed E-state index contributed by atoms with van der Waals surface area (Å²) < 4.78 is 0. The number of anilines is 2. The van der Waals surface area contributed by atoms with Crippen LogP contribution in [0.4, 0.5) is 11.4 Å². The molecule has 24 heavy (non-hydrogen) atoms. The quantitative estimate of drug-likeness (QED) is 0.832. The predicted molar refractivity (Wildman–Crippen MR) is 104 cm³/mol. The van der Waals surface area contributed by atoms with E-state index >= 15 is 0 Å². The summed E-state index contributed by atoms with van der Waals surface area (Å²) in [6.45, 7) is 8.12. The van der Waals surface area contributed by atoms with Crippen molar-refractivity contribution < 1.29 is 4.79 Å². The second-order valence-electron chi connectivity index (χ2n) is 6.27. The standard InChI is InChI=1S/C20H20N2OS/c1-12-5-7-16(14(3)9-12)21-17-11-19(23)22(20(17)24)18-8-6-13(2)10-15(18)4/h5-11,21H,1-4H3. The number of carbonyl (C=O) groups is 1. The van der Waals surface area contributed by atoms with Crippen molar-refractivity contribution in [1.82, 2.24) is 0 Å². The van der Waals surface area contributed by atoms with Crippen molar-refractivity contribution in [3.63, 3.8) is 0 Å². The molecule has 1 aliphatic rings. The number of carbonyl (C=O) groups excluding carboxylic acids is 1. The van der Waals surface area contributed by atoms with Crippen LogP contribution in [0.2, 0.25) is 0 Å². The topological polar surface area (TPSA) is 32.3 Å². The first-order chi connectivity index (χ1) is 11.4. The highest BCUT2D eigenvalue weighted by Gasteiger charge is 2.30. The highest BCUT2D eigenvalue weighted by atomic mass is 32.1. The molecule has 1 heterocycles. The average molecular weight is 336 g/mol. The molecule has 3 nitrogen and oxygen atoms in total. The minimum atomic E-state index is -0.112. The van der Waals surface area contributed by atoms with Crippen LogP contribution in [0.25, 0.3) is 0 Å². The Hall–Kier alpha value is -2.46. The maximum Gasteiger partial charge on any atom is 0.258 e. The molecule has 0 fully saturated rings. The summed E-state index contributed by atoms with van der Waals surface area (Å²) >= 11 is 5.56. The Kier molecular flexibility index (Phi) is 4.24. The second-order valence-corrected chi connectivity index (χ2v) is 6.66. The van der Waals surface area contributed by atoms with Gasteiger partial charge in [0.2, 0.25) is 0 Å². The molecule has 0 saturated heterocycles. The Morgan fingerprint density at radius 3 is 2.17 bits per heavy atom. The van der Waals surface area contributed by atoms with E-state index in [1.165, 1.54) is 5.56 Å². The summed E-state index contributed by atoms with van der Waals surface area (Å²) in [6, 6.07) is 12.2. The summed E-state index contributed by atoms with van der Waals surface area (Å²) in [5, 5.41) is 3.30. The van der Waals surface area contributed by atoms with Gasteiger partial charge in [0.25, 0.3) is 5.91 Å². The van der Waals surface area contributed by atoms with Crippen LogP contribution in [0.1, 0.15) is 22.3 Å². The van der Waals surface area contributed by atoms with Crippen molar-refractivity contribution in [2.45, 2.75) is 27.7 Å². The Labute approximate surface area is 148 Å². The molecular formula is C20H20N2OS. The van der Waals surface area contributed by atoms with Gasteiger partial charge in [-0.3, -0.25) is 9.69 Å². The molecule has 2 aromatic carbocycles. The lowest BCUT2D eigenvalue weighted by Crippen LogP contribution is -2.31. The number of thiocarbonyl (C=S) groups is 1. The number of hydrogen-bond donors (Lipinski definition) is 1. The number of nitrogens with zero attached hydrogens (tertiary/aromatic N) is 1. The molecule has 0 unspecified atom stereocenters. The van der Waals surface area contributed by atoms with Crippen LogP contribution in [0, 0.1) is 27.7 Å². The largest absolute Gasteiger partial charge is 0.353 e. The Balaban J connectivity index is 1.89. The van der Waals surface area contributed by atoms with Gasteiger partial charge in [0.1, 0.15) is 4.99 Å². The maximum absolute atomic E-state index is 12.5. The van der Waals surface area contributed by atoms with E-state index in [-0.39, 0.29) is 5.91 Å². The van der Waals surface area contributed by atoms with E-state index in [1.54, 1.807) is 11.0 Å². The molecule has 2 aromatic rings. The summed E-state index contributed by atoms with van der Waals surface area (Å²) in [5.74, 6) is -0.112. The molecule has 0 bridgehead atoms. The summed E-state index contributed by atoms with van der Waals surface area (Å²) in [4.78, 5) is 14.6. The molecular weight excluding hydrogens is 316 g/mol. The second kappa shape index (κ2) is 6.21. The number of nitrogens with one attached hydrogen (secondary N) is 1. The Morgan fingerprint density at radius 2 is 1.54 bits per heavy atom. The molecule has 0 radical (unpaired) electrons. The maximum atomic E-state index is 12.5. The van der Waals surface area contributed by atoms with Gasteiger partial charge in [-0.25, -0.2) is 0 Å². The van der Waals surface area contributed by atoms with Crippen LogP contribution in [-0.2, 0) is 4.79 Å². The van der Waals surface area contributed by atoms with Gasteiger partial charge in [0, 0.05) is 11.8 Å². The van der Waals surface area contributed by atoms with Gasteiger partial charge in [0.15, 0.2) is 0 Å². The van der Waals surface area contributed by atoms with Crippen LogP contribution in [0.15, 0.2) is 48.2 Å². The minimum absolute atomic E-state index is 0.112. The smallest absolute Gasteiger partial charge is 0.258 e. The molecule has 1 aliphatic heterocycles. The molecule has 0 spiro atoms. The van der Waals surface area contributed by atoms with Gasteiger partial charge in [-0.15, -0.1) is 0 Å². The lowest BCUT2D eigenvalue weighted by atomic mass is 10.1. The first-order valence-electron chi connectivity index (χ1n) is 7.88. The van der Waals surface area contributed by atoms with E-state index in [0.29, 0.717) is 10.7 Å². The molecule has 0 aliphatic carbocycles. The third-order valence-corrected chi connectivity index (χ3v) is 4.57. The molecule has 3 rings (SSSR count). The van der Waals surface area contributed by atoms with Crippen molar-refractivity contribution in [3.8, 4) is 0 Å². The van der Waals surface area contributed by atoms with Crippen LogP contribution in [0.3, 0.4) is 0 Å². The van der Waals surface area contributed by atoms with Crippen LogP contribution < -0.4 is 10.2 Å². The number of hydrogen-bond acceptors (Lipinski definition) is 3. The van der Waals surface area contributed by atoms with E-state index < -0.39 is 0 Å². The monoisotopic (exact) mass is 336 g/mol. The zero-order chi connectivity index (χ0) is 17.4. The number of aryl methyl sites for hydroxylation is 4. The lowest BCUT2D eigenvalue weighted by molar-refractivity contribution is -0.113. The SMILES string of the molecule is Cc1ccc(NC2=CC(=O)N(c3ccc(C)cc3C)C2=S)c(C)c1. The van der Waals surface area contributed by atoms with E-state index in [2.05, 4.69) is 24.4 Å². The number of rotatable bonds is 3. The summed E-state index contributed by atoms with van der Waals surface area (Å²) in [6.07, 6.45) is 1.57. The third kappa shape index (κ3) is 2.97. The van der Waals surface area contributed by atoms with Crippen molar-refractivity contribution >= 4 is 34.5 Å². The van der Waals surface area contributed by atoms with Crippen LogP contribution >= 0.6 is 12.2 Å². The predicted octanol–water partition coefficient (Wildman–Crippen LogP) is 4.59. The first kappa shape index (κ1) is 16.4. The summed E-state index contributed by atoms with van der Waals surface area (Å²) in [5.41, 5.74) is 6.99. The average Bonchev–Trinajstić information content (AvgIpc) is 2.77. The zero-order valence-electron chi connectivity index (χ0n) is 14.3. The molecule has 4 heteroatoms. The van der Waals surface area contributed by atoms with Gasteiger partial charge in [-0.05, 0) is 51.0 Å². The Bertz CT molecular complexity index is 883. The highest BCUT2D eigenvalue weighted by Crippen LogP contribution is 2.29. The van der Waals surface area contributed by atoms with E-state index in [0.717, 1.165) is 28.1 Å². The fourth-order valence-electron chi connectivity index (χ4n) is 2.94. The van der Waals surface area contributed by atoms with Crippen molar-refractivity contribution in [1.29, 1.82) is 0 Å². The van der Waals surface area contributed by atoms with Crippen molar-refractivity contribution in [3.05, 3.63) is 70.4 Å². The van der Waals surface area contributed by atoms with Gasteiger partial charge in [0.05, 0.1) is 11.4 Å². The Morgan fingerprint density at radius 1 is 0.917 bits per heavy atom. The molecule has 122 valence electrons. The molecule has 1 N–H and O–H groups in total. The third-order valence-electron chi connectivity index (χ3n) is 4.17. The van der Waals surface area contributed by atoms with E-state index in [9.17, 15) is 4.79 Å². The van der Waals surface area contributed by atoms with Crippen LogP contribution in [0.5, 0.6) is 0 Å². The summed E-state index contributed by atoms with van der Waals surface area (Å²) in [7, 11) is 0. The normalized spacial score (nSPS) is 14.2. The van der Waals surface area contributed by atoms with Gasteiger partial charge < -0.3 is 5.32 Å². The van der Waals surface area contributed by atoms with Crippen molar-refractivity contribution in [2.24, 2.45) is 0 Å². The zero-order valence-corrected chi connectivity index (χ0v) is 15.1. The first-order valence-corrected chi connectivity index (χ1v) is 8.29. The lowest BCUT2D eigenvalue weighted by Gasteiger charge is -2.20. The van der Waals surface area contributed by atoms with Crippen LogP contribution in [-0.4, -0.2) is 10.9 Å². The number of amides is 1. The van der Waals surface area contributed by atoms with E-state index in [1.807, 2.05) is 45.0 Å². The number of benzene rings is 2. The molecule has 0 saturated carbocycles. The molecule has 1 amide bonds. The fourth-order valence-corrected chi connectivity index (χ4v) is 3.24.